The number of halogens is 1. The zero-order chi connectivity index (χ0) is 29.4. The number of nitrogens with one attached hydrogen (secondary N) is 1. The molecule has 0 aliphatic rings. The maximum Gasteiger partial charge on any atom is 0.261 e. The molecule has 0 fully saturated rings. The van der Waals surface area contributed by atoms with E-state index < -0.39 is 25.4 Å². The Labute approximate surface area is 235 Å². The minimum atomic E-state index is -3.73. The van der Waals surface area contributed by atoms with Crippen LogP contribution in [0.5, 0.6) is 0 Å². The molecular formula is C26H28FN5O5S3. The second-order valence-corrected chi connectivity index (χ2v) is 14.2. The maximum absolute atomic E-state index is 13.6. The number of rotatable bonds is 6. The van der Waals surface area contributed by atoms with E-state index in [1.54, 1.807) is 49.4 Å². The number of aryl methyl sites for hydroxylation is 1. The van der Waals surface area contributed by atoms with Crippen LogP contribution in [0, 0.1) is 5.82 Å². The Morgan fingerprint density at radius 2 is 1.65 bits per heavy atom. The summed E-state index contributed by atoms with van der Waals surface area (Å²) in [6, 6.07) is 15.6. The van der Waals surface area contributed by atoms with Gasteiger partial charge in [0.25, 0.3) is 10.1 Å². The second kappa shape index (κ2) is 11.1. The first-order valence-corrected chi connectivity index (χ1v) is 16.3. The maximum atomic E-state index is 13.6. The third-order valence-electron chi connectivity index (χ3n) is 5.84. The zero-order valence-corrected chi connectivity index (χ0v) is 24.5. The minimum absolute atomic E-state index is 0.0852. The van der Waals surface area contributed by atoms with E-state index in [0.717, 1.165) is 20.8 Å². The topological polar surface area (TPSA) is 161 Å². The number of anilines is 1. The number of hydrogen-bond donors (Lipinski definition) is 3. The van der Waals surface area contributed by atoms with Gasteiger partial charge in [-0.05, 0) is 68.8 Å². The number of hydrogen-bond acceptors (Lipinski definition) is 8. The fourth-order valence-electron chi connectivity index (χ4n) is 3.92. The van der Waals surface area contributed by atoms with E-state index in [-0.39, 0.29) is 11.8 Å². The van der Waals surface area contributed by atoms with Gasteiger partial charge >= 0.3 is 0 Å². The van der Waals surface area contributed by atoms with Gasteiger partial charge in [0.15, 0.2) is 0 Å². The Balaban J connectivity index is 0.000000681. The number of H-pyrrole nitrogens is 1. The predicted octanol–water partition coefficient (Wildman–Crippen LogP) is 5.20. The van der Waals surface area contributed by atoms with Gasteiger partial charge in [-0.1, -0.05) is 13.0 Å². The van der Waals surface area contributed by atoms with Crippen molar-refractivity contribution in [2.24, 2.45) is 0 Å². The molecule has 0 atom stereocenters. The number of imidazole rings is 2. The monoisotopic (exact) mass is 605 g/mol. The molecule has 0 saturated carbocycles. The normalized spacial score (nSPS) is 12.1. The highest BCUT2D eigenvalue weighted by molar-refractivity contribution is 7.90. The second-order valence-electron chi connectivity index (χ2n) is 9.20. The van der Waals surface area contributed by atoms with Crippen LogP contribution in [0.4, 0.5) is 10.3 Å². The van der Waals surface area contributed by atoms with Crippen LogP contribution in [0.25, 0.3) is 44.2 Å². The fourth-order valence-corrected chi connectivity index (χ4v) is 5.95. The SMILES string of the molecule is CCc1ccc(-c2nc(-c3ccc4nc(N)n(S(=O)(=O)C(C)C)c4c3)c(-c3ccc(F)cc3)[nH]2)s1.CS(=O)(=O)O. The average Bonchev–Trinajstić information content (AvgIpc) is 3.59. The van der Waals surface area contributed by atoms with Crippen molar-refractivity contribution >= 4 is 48.5 Å². The summed E-state index contributed by atoms with van der Waals surface area (Å²) in [6.45, 7) is 5.30. The van der Waals surface area contributed by atoms with Gasteiger partial charge in [-0.15, -0.1) is 11.3 Å². The summed E-state index contributed by atoms with van der Waals surface area (Å²) in [4.78, 5) is 14.7. The molecule has 0 aliphatic heterocycles. The quantitative estimate of drug-likeness (QED) is 0.223. The Bertz CT molecular complexity index is 1880. The molecule has 3 heterocycles. The molecular weight excluding hydrogens is 578 g/mol. The van der Waals surface area contributed by atoms with Gasteiger partial charge < -0.3 is 10.7 Å². The van der Waals surface area contributed by atoms with Crippen molar-refractivity contribution in [2.45, 2.75) is 32.4 Å². The van der Waals surface area contributed by atoms with E-state index in [1.807, 2.05) is 12.1 Å². The Kier molecular flexibility index (Phi) is 8.17. The van der Waals surface area contributed by atoms with Crippen LogP contribution in [0.3, 0.4) is 0 Å². The molecule has 5 rings (SSSR count). The molecule has 0 saturated heterocycles. The minimum Gasteiger partial charge on any atom is -0.368 e. The van der Waals surface area contributed by atoms with Gasteiger partial charge in [0.2, 0.25) is 16.0 Å². The molecule has 0 aliphatic carbocycles. The van der Waals surface area contributed by atoms with E-state index >= 15 is 0 Å². The fraction of sp³-hybridized carbons (Fsp3) is 0.231. The molecule has 2 aromatic carbocycles. The van der Waals surface area contributed by atoms with Crippen LogP contribution in [0.15, 0.2) is 54.6 Å². The van der Waals surface area contributed by atoms with E-state index in [4.69, 9.17) is 15.3 Å². The van der Waals surface area contributed by atoms with Crippen molar-refractivity contribution in [2.75, 3.05) is 12.0 Å². The third kappa shape index (κ3) is 6.25. The summed E-state index contributed by atoms with van der Waals surface area (Å²) in [5.74, 6) is 0.269. The lowest BCUT2D eigenvalue weighted by atomic mass is 10.0. The van der Waals surface area contributed by atoms with E-state index in [2.05, 4.69) is 23.0 Å². The lowest BCUT2D eigenvalue weighted by molar-refractivity contribution is 0.490. The summed E-state index contributed by atoms with van der Waals surface area (Å²) >= 11 is 1.65. The average molecular weight is 606 g/mol. The molecule has 0 radical (unpaired) electrons. The highest BCUT2D eigenvalue weighted by Gasteiger charge is 2.25. The molecule has 4 N–H and O–H groups in total. The first-order valence-electron chi connectivity index (χ1n) is 12.1. The first-order chi connectivity index (χ1) is 18.7. The molecule has 10 nitrogen and oxygen atoms in total. The number of aromatic nitrogens is 4. The molecule has 0 bridgehead atoms. The van der Waals surface area contributed by atoms with Gasteiger partial charge in [0.05, 0.1) is 38.8 Å². The molecule has 212 valence electrons. The highest BCUT2D eigenvalue weighted by Crippen LogP contribution is 2.37. The van der Waals surface area contributed by atoms with Gasteiger partial charge in [0.1, 0.15) is 11.6 Å². The largest absolute Gasteiger partial charge is 0.368 e. The van der Waals surface area contributed by atoms with Gasteiger partial charge in [0, 0.05) is 16.0 Å². The Hall–Kier alpha value is -3.59. The smallest absolute Gasteiger partial charge is 0.261 e. The van der Waals surface area contributed by atoms with Crippen LogP contribution < -0.4 is 5.73 Å². The lowest BCUT2D eigenvalue weighted by Crippen LogP contribution is -2.23. The van der Waals surface area contributed by atoms with Crippen molar-refractivity contribution in [1.29, 1.82) is 0 Å². The molecule has 40 heavy (non-hydrogen) atoms. The van der Waals surface area contributed by atoms with Crippen molar-refractivity contribution in [3.05, 3.63) is 65.3 Å². The van der Waals surface area contributed by atoms with Crippen LogP contribution in [-0.2, 0) is 26.6 Å². The van der Waals surface area contributed by atoms with Crippen molar-refractivity contribution in [1.82, 2.24) is 18.9 Å². The molecule has 5 aromatic rings. The van der Waals surface area contributed by atoms with Gasteiger partial charge in [-0.2, -0.15) is 8.42 Å². The predicted molar refractivity (Wildman–Crippen MR) is 157 cm³/mol. The van der Waals surface area contributed by atoms with Crippen molar-refractivity contribution in [3.8, 4) is 33.2 Å². The number of fused-ring (bicyclic) bond motifs is 1. The number of benzene rings is 2. The van der Waals surface area contributed by atoms with E-state index in [1.165, 1.54) is 17.0 Å². The van der Waals surface area contributed by atoms with E-state index in [9.17, 15) is 21.2 Å². The number of nitrogens with two attached hydrogens (primary N) is 1. The Morgan fingerprint density at radius 1 is 1.02 bits per heavy atom. The van der Waals surface area contributed by atoms with Crippen molar-refractivity contribution < 1.29 is 25.8 Å². The summed E-state index contributed by atoms with van der Waals surface area (Å²) in [5.41, 5.74) is 9.64. The molecule has 0 unspecified atom stereocenters. The van der Waals surface area contributed by atoms with Crippen LogP contribution in [0.2, 0.25) is 0 Å². The summed E-state index contributed by atoms with van der Waals surface area (Å²) in [5, 5.41) is -0.677. The third-order valence-corrected chi connectivity index (χ3v) is 9.16. The lowest BCUT2D eigenvalue weighted by Gasteiger charge is -2.11. The van der Waals surface area contributed by atoms with Gasteiger partial charge in [-0.3, -0.25) is 4.55 Å². The standard InChI is InChI=1S/C25H24FN5O2S2.CH4O3S/c1-4-18-10-12-21(34-18)24-29-22(15-5-8-17(26)9-6-15)23(30-24)16-7-11-19-20(13-16)31(25(27)28-19)35(32,33)14(2)3;1-5(2,3)4/h5-14H,4H2,1-3H3,(H2,27,28)(H,29,30);1H3,(H,2,3,4). The zero-order valence-electron chi connectivity index (χ0n) is 22.1. The van der Waals surface area contributed by atoms with Crippen LogP contribution in [-0.4, -0.2) is 51.8 Å². The van der Waals surface area contributed by atoms with Crippen LogP contribution >= 0.6 is 11.3 Å². The number of nitrogens with zero attached hydrogens (tertiary/aromatic N) is 3. The summed E-state index contributed by atoms with van der Waals surface area (Å²) in [6.07, 6.45) is 1.64. The summed E-state index contributed by atoms with van der Waals surface area (Å²) in [7, 11) is -7.40. The molecule has 0 amide bonds. The first kappa shape index (κ1) is 29.4. The van der Waals surface area contributed by atoms with Crippen molar-refractivity contribution in [3.63, 3.8) is 0 Å². The number of thiophene rings is 1. The van der Waals surface area contributed by atoms with Gasteiger partial charge in [-0.25, -0.2) is 26.7 Å². The number of nitrogen functional groups attached to an aromatic ring is 1. The highest BCUT2D eigenvalue weighted by atomic mass is 32.2. The number of aromatic amines is 1. The Morgan fingerprint density at radius 3 is 2.23 bits per heavy atom. The molecule has 14 heteroatoms. The van der Waals surface area contributed by atoms with E-state index in [0.29, 0.717) is 40.1 Å². The summed E-state index contributed by atoms with van der Waals surface area (Å²) < 4.78 is 66.6. The molecule has 3 aromatic heterocycles. The molecule has 0 spiro atoms. The van der Waals surface area contributed by atoms with Crippen LogP contribution in [0.1, 0.15) is 25.6 Å².